The number of para-hydroxylation sites is 1. The van der Waals surface area contributed by atoms with Gasteiger partial charge in [-0.15, -0.1) is 6.58 Å². The van der Waals surface area contributed by atoms with Crippen LogP contribution in [0.25, 0.3) is 0 Å². The second-order valence-corrected chi connectivity index (χ2v) is 7.37. The lowest BCUT2D eigenvalue weighted by atomic mass is 10.1. The predicted molar refractivity (Wildman–Crippen MR) is 100 cm³/mol. The van der Waals surface area contributed by atoms with Gasteiger partial charge in [0.2, 0.25) is 0 Å². The lowest BCUT2D eigenvalue weighted by Gasteiger charge is -2.25. The van der Waals surface area contributed by atoms with Crippen molar-refractivity contribution in [2.45, 2.75) is 11.8 Å². The molecule has 0 aliphatic heterocycles. The second kappa shape index (κ2) is 8.00. The van der Waals surface area contributed by atoms with Gasteiger partial charge in [-0.05, 0) is 30.7 Å². The van der Waals surface area contributed by atoms with E-state index in [2.05, 4.69) is 11.3 Å². The summed E-state index contributed by atoms with van der Waals surface area (Å²) in [6.45, 7) is 5.09. The number of aryl methyl sites for hydroxylation is 1. The number of sulfonamides is 1. The number of benzene rings is 2. The summed E-state index contributed by atoms with van der Waals surface area (Å²) in [4.78, 5) is 21.9. The Kier molecular flexibility index (Phi) is 5.96. The van der Waals surface area contributed by atoms with E-state index in [0.29, 0.717) is 5.56 Å². The molecular formula is C18H18N2O6S. The smallest absolute Gasteiger partial charge is 0.337 e. The molecule has 0 amide bonds. The highest BCUT2D eigenvalue weighted by Gasteiger charge is 2.32. The van der Waals surface area contributed by atoms with E-state index < -0.39 is 31.5 Å². The fourth-order valence-electron chi connectivity index (χ4n) is 2.51. The minimum atomic E-state index is -4.30. The Bertz CT molecular complexity index is 1000. The largest absolute Gasteiger partial charge is 0.465 e. The molecule has 0 atom stereocenters. The second-order valence-electron chi connectivity index (χ2n) is 5.54. The highest BCUT2D eigenvalue weighted by molar-refractivity contribution is 7.93. The molecule has 142 valence electrons. The van der Waals surface area contributed by atoms with E-state index in [1.807, 2.05) is 0 Å². The van der Waals surface area contributed by atoms with E-state index in [1.165, 1.54) is 43.5 Å². The summed E-state index contributed by atoms with van der Waals surface area (Å²) in [5.41, 5.74) is 0.390. The summed E-state index contributed by atoms with van der Waals surface area (Å²) in [5, 5.41) is 11.3. The van der Waals surface area contributed by atoms with Crippen LogP contribution < -0.4 is 4.31 Å². The van der Waals surface area contributed by atoms with Gasteiger partial charge >= 0.3 is 5.97 Å². The van der Waals surface area contributed by atoms with Crippen LogP contribution in [0.4, 0.5) is 11.4 Å². The maximum absolute atomic E-state index is 13.2. The number of nitro benzene ring substituents is 1. The number of hydrogen-bond donors (Lipinski definition) is 0. The molecule has 27 heavy (non-hydrogen) atoms. The molecule has 0 bridgehead atoms. The van der Waals surface area contributed by atoms with E-state index >= 15 is 0 Å². The molecule has 0 unspecified atom stereocenters. The fraction of sp³-hybridized carbons (Fsp3) is 0.167. The van der Waals surface area contributed by atoms with Crippen LogP contribution in [0.15, 0.2) is 60.0 Å². The molecule has 0 N–H and O–H groups in total. The van der Waals surface area contributed by atoms with Gasteiger partial charge in [-0.3, -0.25) is 14.4 Å². The minimum absolute atomic E-state index is 0.139. The molecule has 0 aliphatic rings. The van der Waals surface area contributed by atoms with Crippen LogP contribution in [-0.2, 0) is 14.8 Å². The number of carbonyl (C=O) groups is 1. The van der Waals surface area contributed by atoms with Crippen LogP contribution in [0, 0.1) is 17.0 Å². The zero-order chi connectivity index (χ0) is 20.2. The predicted octanol–water partition coefficient (Wildman–Crippen LogP) is 3.07. The Labute approximate surface area is 156 Å². The maximum Gasteiger partial charge on any atom is 0.337 e. The molecule has 0 saturated carbocycles. The lowest BCUT2D eigenvalue weighted by Crippen LogP contribution is -2.32. The Morgan fingerprint density at radius 2 is 1.96 bits per heavy atom. The molecule has 0 saturated heterocycles. The van der Waals surface area contributed by atoms with Crippen molar-refractivity contribution < 1.29 is 22.9 Å². The third-order valence-electron chi connectivity index (χ3n) is 3.82. The highest BCUT2D eigenvalue weighted by atomic mass is 32.2. The Morgan fingerprint density at radius 3 is 2.56 bits per heavy atom. The van der Waals surface area contributed by atoms with Crippen LogP contribution in [-0.4, -0.2) is 33.0 Å². The number of carbonyl (C=O) groups excluding carboxylic acids is 1. The van der Waals surface area contributed by atoms with Gasteiger partial charge in [0.25, 0.3) is 15.7 Å². The number of rotatable bonds is 7. The molecular weight excluding hydrogens is 372 g/mol. The normalized spacial score (nSPS) is 10.9. The van der Waals surface area contributed by atoms with E-state index in [1.54, 1.807) is 13.0 Å². The van der Waals surface area contributed by atoms with Crippen molar-refractivity contribution >= 4 is 27.4 Å². The minimum Gasteiger partial charge on any atom is -0.465 e. The fourth-order valence-corrected chi connectivity index (χ4v) is 4.16. The first-order valence-corrected chi connectivity index (χ1v) is 9.24. The van der Waals surface area contributed by atoms with Crippen molar-refractivity contribution in [3.8, 4) is 0 Å². The first kappa shape index (κ1) is 20.1. The van der Waals surface area contributed by atoms with Crippen LogP contribution in [0.2, 0.25) is 0 Å². The number of methoxy groups -OCH3 is 1. The zero-order valence-corrected chi connectivity index (χ0v) is 15.6. The maximum atomic E-state index is 13.2. The molecule has 0 spiro atoms. The molecule has 0 fully saturated rings. The quantitative estimate of drug-likeness (QED) is 0.311. The molecule has 9 heteroatoms. The molecule has 2 rings (SSSR count). The van der Waals surface area contributed by atoms with Crippen molar-refractivity contribution in [3.63, 3.8) is 0 Å². The average Bonchev–Trinajstić information content (AvgIpc) is 2.66. The molecule has 2 aromatic carbocycles. The first-order chi connectivity index (χ1) is 12.7. The Morgan fingerprint density at radius 1 is 1.30 bits per heavy atom. The summed E-state index contributed by atoms with van der Waals surface area (Å²) in [6.07, 6.45) is 1.36. The van der Waals surface area contributed by atoms with Crippen molar-refractivity contribution in [2.75, 3.05) is 18.0 Å². The van der Waals surface area contributed by atoms with Crippen molar-refractivity contribution in [1.29, 1.82) is 0 Å². The van der Waals surface area contributed by atoms with Gasteiger partial charge in [-0.1, -0.05) is 24.3 Å². The van der Waals surface area contributed by atoms with Crippen molar-refractivity contribution in [2.24, 2.45) is 0 Å². The van der Waals surface area contributed by atoms with Crippen LogP contribution in [0.5, 0.6) is 0 Å². The van der Waals surface area contributed by atoms with E-state index in [9.17, 15) is 23.3 Å². The van der Waals surface area contributed by atoms with Crippen LogP contribution in [0.1, 0.15) is 15.9 Å². The summed E-state index contributed by atoms with van der Waals surface area (Å²) in [6, 6.07) is 9.54. The molecule has 2 aromatic rings. The topological polar surface area (TPSA) is 107 Å². The number of anilines is 1. The number of nitro groups is 1. The summed E-state index contributed by atoms with van der Waals surface area (Å²) in [7, 11) is -3.08. The SMILES string of the molecule is C=CCN(c1cc(C(=O)OC)ccc1C)S(=O)(=O)c1ccccc1[N+](=O)[O-]. The van der Waals surface area contributed by atoms with Gasteiger partial charge in [0.05, 0.1) is 29.8 Å². The third-order valence-corrected chi connectivity index (χ3v) is 5.65. The Balaban J connectivity index is 2.70. The monoisotopic (exact) mass is 390 g/mol. The third kappa shape index (κ3) is 3.98. The number of nitrogens with zero attached hydrogens (tertiary/aromatic N) is 2. The number of ether oxygens (including phenoxy) is 1. The number of esters is 1. The van der Waals surface area contributed by atoms with Crippen LogP contribution >= 0.6 is 0 Å². The van der Waals surface area contributed by atoms with E-state index in [0.717, 1.165) is 10.4 Å². The van der Waals surface area contributed by atoms with Crippen molar-refractivity contribution in [1.82, 2.24) is 0 Å². The van der Waals surface area contributed by atoms with Gasteiger partial charge < -0.3 is 4.74 Å². The molecule has 0 aromatic heterocycles. The summed E-state index contributed by atoms with van der Waals surface area (Å²) in [5.74, 6) is -0.627. The lowest BCUT2D eigenvalue weighted by molar-refractivity contribution is -0.387. The summed E-state index contributed by atoms with van der Waals surface area (Å²) < 4.78 is 32.1. The molecule has 0 radical (unpaired) electrons. The molecule has 8 nitrogen and oxygen atoms in total. The Hall–Kier alpha value is -3.20. The summed E-state index contributed by atoms with van der Waals surface area (Å²) >= 11 is 0. The highest BCUT2D eigenvalue weighted by Crippen LogP contribution is 2.32. The van der Waals surface area contributed by atoms with E-state index in [-0.39, 0.29) is 17.8 Å². The van der Waals surface area contributed by atoms with Gasteiger partial charge in [-0.2, -0.15) is 0 Å². The van der Waals surface area contributed by atoms with Crippen molar-refractivity contribution in [3.05, 3.63) is 76.4 Å². The molecule has 0 aliphatic carbocycles. The van der Waals surface area contributed by atoms with Gasteiger partial charge in [0.15, 0.2) is 4.90 Å². The van der Waals surface area contributed by atoms with Gasteiger partial charge in [0.1, 0.15) is 0 Å². The zero-order valence-electron chi connectivity index (χ0n) is 14.8. The molecule has 0 heterocycles. The van der Waals surface area contributed by atoms with E-state index in [4.69, 9.17) is 0 Å². The number of hydrogen-bond acceptors (Lipinski definition) is 6. The van der Waals surface area contributed by atoms with Gasteiger partial charge in [0, 0.05) is 6.07 Å². The van der Waals surface area contributed by atoms with Crippen LogP contribution in [0.3, 0.4) is 0 Å². The first-order valence-electron chi connectivity index (χ1n) is 7.80. The van der Waals surface area contributed by atoms with Gasteiger partial charge in [-0.25, -0.2) is 13.2 Å². The standard InChI is InChI=1S/C18H18N2O6S/c1-4-11-19(16-12-14(18(21)26-3)10-9-13(16)2)27(24,25)17-8-6-5-7-15(17)20(22)23/h4-10,12H,1,11H2,2-3H3. The average molecular weight is 390 g/mol.